The molecule has 1 heterocycles. The summed E-state index contributed by atoms with van der Waals surface area (Å²) in [4.78, 5) is 15.8. The van der Waals surface area contributed by atoms with E-state index in [9.17, 15) is 9.18 Å². The quantitative estimate of drug-likeness (QED) is 0.817. The molecule has 1 atom stereocenters. The van der Waals surface area contributed by atoms with Gasteiger partial charge in [-0.15, -0.1) is 0 Å². The molecule has 0 bridgehead atoms. The molecule has 0 radical (unpaired) electrons. The highest BCUT2D eigenvalue weighted by Gasteiger charge is 2.14. The summed E-state index contributed by atoms with van der Waals surface area (Å²) in [5.74, 6) is -1.32. The van der Waals surface area contributed by atoms with Crippen LogP contribution in [0.15, 0.2) is 18.5 Å². The largest absolute Gasteiger partial charge is 0.480 e. The average molecular weight is 212 g/mol. The van der Waals surface area contributed by atoms with Crippen LogP contribution in [-0.2, 0) is 4.79 Å². The molecule has 15 heavy (non-hydrogen) atoms. The van der Waals surface area contributed by atoms with E-state index in [2.05, 4.69) is 4.98 Å². The van der Waals surface area contributed by atoms with Gasteiger partial charge in [0.05, 0.1) is 12.7 Å². The maximum atomic E-state index is 12.9. The molecule has 1 N–H and O–H groups in total. The summed E-state index contributed by atoms with van der Waals surface area (Å²) >= 11 is 0. The molecule has 0 aliphatic carbocycles. The van der Waals surface area contributed by atoms with Gasteiger partial charge in [-0.2, -0.15) is 0 Å². The van der Waals surface area contributed by atoms with Crippen molar-refractivity contribution >= 4 is 5.97 Å². The minimum atomic E-state index is -0.909. The van der Waals surface area contributed by atoms with Crippen molar-refractivity contribution in [2.45, 2.75) is 13.0 Å². The molecule has 1 aromatic heterocycles. The number of hydrogen-bond acceptors (Lipinski definition) is 3. The molecule has 0 aromatic carbocycles. The normalized spacial score (nSPS) is 12.8. The summed E-state index contributed by atoms with van der Waals surface area (Å²) in [6.45, 7) is 1.72. The maximum Gasteiger partial charge on any atom is 0.317 e. The van der Waals surface area contributed by atoms with Crippen LogP contribution in [0.2, 0.25) is 0 Å². The number of carbonyl (C=O) groups is 1. The Hall–Kier alpha value is -1.49. The van der Waals surface area contributed by atoms with E-state index < -0.39 is 11.8 Å². The highest BCUT2D eigenvalue weighted by Crippen LogP contribution is 2.17. The summed E-state index contributed by atoms with van der Waals surface area (Å²) in [5, 5.41) is 8.60. The summed E-state index contributed by atoms with van der Waals surface area (Å²) < 4.78 is 12.9. The van der Waals surface area contributed by atoms with Gasteiger partial charge >= 0.3 is 5.97 Å². The lowest BCUT2D eigenvalue weighted by molar-refractivity contribution is -0.138. The van der Waals surface area contributed by atoms with Crippen LogP contribution in [-0.4, -0.2) is 34.6 Å². The van der Waals surface area contributed by atoms with Crippen LogP contribution >= 0.6 is 0 Å². The van der Waals surface area contributed by atoms with Crippen LogP contribution in [0.3, 0.4) is 0 Å². The number of halogens is 1. The fourth-order valence-electron chi connectivity index (χ4n) is 1.26. The summed E-state index contributed by atoms with van der Waals surface area (Å²) in [5.41, 5.74) is 0.666. The first kappa shape index (κ1) is 11.6. The van der Waals surface area contributed by atoms with Crippen LogP contribution in [0, 0.1) is 5.82 Å². The van der Waals surface area contributed by atoms with E-state index in [0.29, 0.717) is 5.56 Å². The van der Waals surface area contributed by atoms with E-state index in [1.54, 1.807) is 18.9 Å². The van der Waals surface area contributed by atoms with E-state index in [-0.39, 0.29) is 12.6 Å². The van der Waals surface area contributed by atoms with Gasteiger partial charge in [-0.05, 0) is 25.6 Å². The van der Waals surface area contributed by atoms with Crippen molar-refractivity contribution in [2.24, 2.45) is 0 Å². The predicted molar refractivity (Wildman–Crippen MR) is 52.9 cm³/mol. The second kappa shape index (κ2) is 4.84. The van der Waals surface area contributed by atoms with Gasteiger partial charge in [0.25, 0.3) is 0 Å². The maximum absolute atomic E-state index is 12.9. The Morgan fingerprint density at radius 3 is 2.87 bits per heavy atom. The molecule has 1 rings (SSSR count). The van der Waals surface area contributed by atoms with Crippen molar-refractivity contribution in [2.75, 3.05) is 13.6 Å². The molecule has 1 unspecified atom stereocenters. The summed E-state index contributed by atoms with van der Waals surface area (Å²) in [6, 6.07) is 1.18. The van der Waals surface area contributed by atoms with Gasteiger partial charge in [-0.3, -0.25) is 14.7 Å². The van der Waals surface area contributed by atoms with Crippen molar-refractivity contribution < 1.29 is 14.3 Å². The number of carboxylic acid groups (broad SMARTS) is 1. The van der Waals surface area contributed by atoms with E-state index in [1.807, 2.05) is 0 Å². The van der Waals surface area contributed by atoms with Crippen molar-refractivity contribution in [1.82, 2.24) is 9.88 Å². The highest BCUT2D eigenvalue weighted by atomic mass is 19.1. The molecule has 0 aliphatic heterocycles. The number of likely N-dealkylation sites (N-methyl/N-ethyl adjacent to an activating group) is 1. The second-order valence-corrected chi connectivity index (χ2v) is 3.42. The van der Waals surface area contributed by atoms with Gasteiger partial charge in [0.1, 0.15) is 5.82 Å². The predicted octanol–water partition coefficient (Wildman–Crippen LogP) is 1.30. The third-order valence-corrected chi connectivity index (χ3v) is 2.25. The number of carboxylic acids is 1. The van der Waals surface area contributed by atoms with Crippen molar-refractivity contribution in [3.8, 4) is 0 Å². The molecule has 0 amide bonds. The Morgan fingerprint density at radius 1 is 1.67 bits per heavy atom. The van der Waals surface area contributed by atoms with Crippen molar-refractivity contribution in [3.63, 3.8) is 0 Å². The van der Waals surface area contributed by atoms with Gasteiger partial charge < -0.3 is 5.11 Å². The molecular weight excluding hydrogens is 199 g/mol. The summed E-state index contributed by atoms with van der Waals surface area (Å²) in [7, 11) is 1.67. The minimum Gasteiger partial charge on any atom is -0.480 e. The van der Waals surface area contributed by atoms with Crippen LogP contribution in [0.4, 0.5) is 4.39 Å². The Balaban J connectivity index is 2.75. The monoisotopic (exact) mass is 212 g/mol. The zero-order valence-corrected chi connectivity index (χ0v) is 8.64. The summed E-state index contributed by atoms with van der Waals surface area (Å²) in [6.07, 6.45) is 2.65. The molecule has 0 saturated heterocycles. The van der Waals surface area contributed by atoms with Crippen LogP contribution in [0.5, 0.6) is 0 Å². The Bertz CT molecular complexity index is 357. The Kier molecular flexibility index (Phi) is 3.74. The molecule has 4 nitrogen and oxygen atoms in total. The molecule has 82 valence electrons. The van der Waals surface area contributed by atoms with E-state index in [0.717, 1.165) is 6.20 Å². The van der Waals surface area contributed by atoms with Crippen molar-refractivity contribution in [3.05, 3.63) is 29.8 Å². The zero-order valence-electron chi connectivity index (χ0n) is 8.64. The standard InChI is InChI=1S/C10H13FN2O2/c1-7(13(2)6-10(14)15)8-3-9(11)5-12-4-8/h3-5,7H,6H2,1-2H3,(H,14,15). The number of rotatable bonds is 4. The van der Waals surface area contributed by atoms with Crippen LogP contribution in [0.25, 0.3) is 0 Å². The number of aliphatic carboxylic acids is 1. The lowest BCUT2D eigenvalue weighted by atomic mass is 10.1. The topological polar surface area (TPSA) is 53.4 Å². The molecular formula is C10H13FN2O2. The third-order valence-electron chi connectivity index (χ3n) is 2.25. The van der Waals surface area contributed by atoms with E-state index >= 15 is 0 Å². The fraction of sp³-hybridized carbons (Fsp3) is 0.400. The molecule has 0 saturated carbocycles. The minimum absolute atomic E-state index is 0.0856. The second-order valence-electron chi connectivity index (χ2n) is 3.42. The van der Waals surface area contributed by atoms with E-state index in [4.69, 9.17) is 5.11 Å². The lowest BCUT2D eigenvalue weighted by Gasteiger charge is -2.22. The molecule has 1 aromatic rings. The van der Waals surface area contributed by atoms with E-state index in [1.165, 1.54) is 12.3 Å². The number of hydrogen-bond donors (Lipinski definition) is 1. The average Bonchev–Trinajstić information content (AvgIpc) is 2.15. The Morgan fingerprint density at radius 2 is 2.33 bits per heavy atom. The zero-order chi connectivity index (χ0) is 11.4. The first-order valence-corrected chi connectivity index (χ1v) is 4.53. The number of aromatic nitrogens is 1. The Labute approximate surface area is 87.4 Å². The van der Waals surface area contributed by atoms with Gasteiger partial charge in [0.15, 0.2) is 0 Å². The lowest BCUT2D eigenvalue weighted by Crippen LogP contribution is -2.28. The third kappa shape index (κ3) is 3.28. The van der Waals surface area contributed by atoms with Crippen LogP contribution < -0.4 is 0 Å². The van der Waals surface area contributed by atoms with Gasteiger partial charge in [-0.25, -0.2) is 4.39 Å². The van der Waals surface area contributed by atoms with Gasteiger partial charge in [0.2, 0.25) is 0 Å². The smallest absolute Gasteiger partial charge is 0.317 e. The first-order valence-electron chi connectivity index (χ1n) is 4.53. The van der Waals surface area contributed by atoms with Gasteiger partial charge in [0, 0.05) is 12.2 Å². The van der Waals surface area contributed by atoms with Crippen molar-refractivity contribution in [1.29, 1.82) is 0 Å². The van der Waals surface area contributed by atoms with Gasteiger partial charge in [-0.1, -0.05) is 0 Å². The number of pyridine rings is 1. The highest BCUT2D eigenvalue weighted by molar-refractivity contribution is 5.69. The number of nitrogens with zero attached hydrogens (tertiary/aromatic N) is 2. The molecule has 0 fully saturated rings. The molecule has 0 aliphatic rings. The SMILES string of the molecule is CC(c1cncc(F)c1)N(C)CC(=O)O. The first-order chi connectivity index (χ1) is 7.00. The molecule has 5 heteroatoms. The molecule has 0 spiro atoms. The fourth-order valence-corrected chi connectivity index (χ4v) is 1.26. The van der Waals surface area contributed by atoms with Crippen LogP contribution in [0.1, 0.15) is 18.5 Å².